The number of aromatic nitrogens is 2. The molecule has 3 rings (SSSR count). The van der Waals surface area contributed by atoms with Crippen molar-refractivity contribution < 1.29 is 9.59 Å². The number of aromatic amines is 1. The van der Waals surface area contributed by atoms with Crippen LogP contribution in [0, 0.1) is 6.92 Å². The second-order valence-corrected chi connectivity index (χ2v) is 5.72. The highest BCUT2D eigenvalue weighted by Gasteiger charge is 2.42. The SMILES string of the molecule is Cc1cccc2[nH]c(=O)n([C@@]3(C)CCC(=O)NC3=O)c(=O)c12. The van der Waals surface area contributed by atoms with Crippen LogP contribution in [0.15, 0.2) is 27.8 Å². The largest absolute Gasteiger partial charge is 0.329 e. The van der Waals surface area contributed by atoms with Crippen LogP contribution in [0.25, 0.3) is 10.9 Å². The highest BCUT2D eigenvalue weighted by Crippen LogP contribution is 2.24. The summed E-state index contributed by atoms with van der Waals surface area (Å²) in [6.45, 7) is 3.26. The van der Waals surface area contributed by atoms with Crippen molar-refractivity contribution in [3.05, 3.63) is 44.6 Å². The van der Waals surface area contributed by atoms with Crippen molar-refractivity contribution in [2.24, 2.45) is 0 Å². The Bertz CT molecular complexity index is 925. The number of nitrogens with one attached hydrogen (secondary N) is 2. The lowest BCUT2D eigenvalue weighted by Gasteiger charge is -2.32. The molecule has 2 N–H and O–H groups in total. The topological polar surface area (TPSA) is 101 Å². The zero-order valence-corrected chi connectivity index (χ0v) is 12.2. The molecule has 114 valence electrons. The van der Waals surface area contributed by atoms with Gasteiger partial charge in [-0.1, -0.05) is 12.1 Å². The van der Waals surface area contributed by atoms with Gasteiger partial charge >= 0.3 is 5.69 Å². The first-order valence-corrected chi connectivity index (χ1v) is 6.94. The summed E-state index contributed by atoms with van der Waals surface area (Å²) in [5.41, 5.74) is -1.42. The van der Waals surface area contributed by atoms with E-state index in [0.717, 1.165) is 4.57 Å². The molecule has 0 unspecified atom stereocenters. The van der Waals surface area contributed by atoms with E-state index in [-0.39, 0.29) is 12.8 Å². The quantitative estimate of drug-likeness (QED) is 0.732. The molecular weight excluding hydrogens is 286 g/mol. The summed E-state index contributed by atoms with van der Waals surface area (Å²) >= 11 is 0. The molecule has 1 saturated heterocycles. The molecule has 7 nitrogen and oxygen atoms in total. The van der Waals surface area contributed by atoms with Crippen LogP contribution in [0.4, 0.5) is 0 Å². The molecule has 0 saturated carbocycles. The summed E-state index contributed by atoms with van der Waals surface area (Å²) in [7, 11) is 0. The summed E-state index contributed by atoms with van der Waals surface area (Å²) < 4.78 is 0.921. The second-order valence-electron chi connectivity index (χ2n) is 5.72. The summed E-state index contributed by atoms with van der Waals surface area (Å²) in [4.78, 5) is 51.3. The van der Waals surface area contributed by atoms with E-state index >= 15 is 0 Å². The molecule has 2 heterocycles. The summed E-state index contributed by atoms with van der Waals surface area (Å²) in [5.74, 6) is -1.03. The molecule has 1 aromatic heterocycles. The number of rotatable bonds is 1. The average Bonchev–Trinajstić information content (AvgIpc) is 2.43. The van der Waals surface area contributed by atoms with Crippen molar-refractivity contribution in [3.8, 4) is 0 Å². The minimum absolute atomic E-state index is 0.0833. The summed E-state index contributed by atoms with van der Waals surface area (Å²) in [6.07, 6.45) is 0.192. The Labute approximate surface area is 125 Å². The van der Waals surface area contributed by atoms with Gasteiger partial charge in [0.05, 0.1) is 10.9 Å². The number of piperidine rings is 1. The van der Waals surface area contributed by atoms with Crippen molar-refractivity contribution in [3.63, 3.8) is 0 Å². The maximum atomic E-state index is 12.8. The maximum absolute atomic E-state index is 12.8. The molecule has 1 aliphatic heterocycles. The van der Waals surface area contributed by atoms with E-state index in [9.17, 15) is 19.2 Å². The second kappa shape index (κ2) is 4.66. The van der Waals surface area contributed by atoms with Crippen molar-refractivity contribution in [1.29, 1.82) is 0 Å². The minimum atomic E-state index is -1.38. The van der Waals surface area contributed by atoms with Gasteiger partial charge < -0.3 is 4.98 Å². The molecule has 0 aliphatic carbocycles. The normalized spacial score (nSPS) is 21.9. The van der Waals surface area contributed by atoms with Gasteiger partial charge in [0.2, 0.25) is 5.91 Å². The van der Waals surface area contributed by atoms with Crippen molar-refractivity contribution >= 4 is 22.7 Å². The van der Waals surface area contributed by atoms with Gasteiger partial charge in [0.25, 0.3) is 11.5 Å². The van der Waals surface area contributed by atoms with E-state index in [1.54, 1.807) is 25.1 Å². The highest BCUT2D eigenvalue weighted by atomic mass is 16.2. The first kappa shape index (κ1) is 14.2. The lowest BCUT2D eigenvalue weighted by Crippen LogP contribution is -2.59. The molecule has 0 radical (unpaired) electrons. The van der Waals surface area contributed by atoms with Crippen LogP contribution in [0.5, 0.6) is 0 Å². The smallest absolute Gasteiger partial charge is 0.307 e. The van der Waals surface area contributed by atoms with E-state index in [1.807, 2.05) is 0 Å². The van der Waals surface area contributed by atoms with Gasteiger partial charge in [0, 0.05) is 6.42 Å². The number of H-pyrrole nitrogens is 1. The Morgan fingerprint density at radius 1 is 1.18 bits per heavy atom. The van der Waals surface area contributed by atoms with E-state index in [0.29, 0.717) is 16.5 Å². The maximum Gasteiger partial charge on any atom is 0.329 e. The third-order valence-corrected chi connectivity index (χ3v) is 4.21. The van der Waals surface area contributed by atoms with E-state index in [4.69, 9.17) is 0 Å². The van der Waals surface area contributed by atoms with Gasteiger partial charge in [0.15, 0.2) is 0 Å². The van der Waals surface area contributed by atoms with Crippen molar-refractivity contribution in [2.75, 3.05) is 0 Å². The van der Waals surface area contributed by atoms with Gasteiger partial charge in [-0.2, -0.15) is 0 Å². The Hall–Kier alpha value is -2.70. The Balaban J connectivity index is 2.35. The number of nitrogens with zero attached hydrogens (tertiary/aromatic N) is 1. The molecule has 1 aliphatic rings. The van der Waals surface area contributed by atoms with Gasteiger partial charge in [-0.05, 0) is 31.9 Å². The predicted octanol–water partition coefficient (Wildman–Crippen LogP) is 0.150. The minimum Gasteiger partial charge on any atom is -0.307 e. The zero-order chi connectivity index (χ0) is 16.1. The zero-order valence-electron chi connectivity index (χ0n) is 12.2. The fourth-order valence-electron chi connectivity index (χ4n) is 2.89. The van der Waals surface area contributed by atoms with Gasteiger partial charge in [0.1, 0.15) is 5.54 Å². The lowest BCUT2D eigenvalue weighted by molar-refractivity contribution is -0.140. The summed E-state index contributed by atoms with van der Waals surface area (Å²) in [6, 6.07) is 5.15. The van der Waals surface area contributed by atoms with Gasteiger partial charge in [-0.25, -0.2) is 9.36 Å². The van der Waals surface area contributed by atoms with Crippen molar-refractivity contribution in [1.82, 2.24) is 14.9 Å². The fourth-order valence-corrected chi connectivity index (χ4v) is 2.89. The third-order valence-electron chi connectivity index (χ3n) is 4.21. The predicted molar refractivity (Wildman–Crippen MR) is 79.6 cm³/mol. The molecule has 0 spiro atoms. The number of amides is 2. The van der Waals surface area contributed by atoms with Gasteiger partial charge in [-0.3, -0.25) is 19.7 Å². The van der Waals surface area contributed by atoms with Crippen LogP contribution in [-0.4, -0.2) is 21.4 Å². The molecule has 1 aromatic carbocycles. The molecule has 22 heavy (non-hydrogen) atoms. The molecule has 7 heteroatoms. The average molecular weight is 301 g/mol. The van der Waals surface area contributed by atoms with Crippen LogP contribution in [-0.2, 0) is 15.1 Å². The highest BCUT2D eigenvalue weighted by molar-refractivity contribution is 6.01. The Kier molecular flexibility index (Phi) is 3.01. The van der Waals surface area contributed by atoms with Crippen LogP contribution in [0.3, 0.4) is 0 Å². The Morgan fingerprint density at radius 3 is 2.59 bits per heavy atom. The molecule has 1 fully saturated rings. The van der Waals surface area contributed by atoms with Crippen molar-refractivity contribution in [2.45, 2.75) is 32.2 Å². The first-order chi connectivity index (χ1) is 10.3. The number of hydrogen-bond acceptors (Lipinski definition) is 4. The molecule has 1 atom stereocenters. The lowest BCUT2D eigenvalue weighted by atomic mass is 9.90. The first-order valence-electron chi connectivity index (χ1n) is 6.94. The van der Waals surface area contributed by atoms with E-state index in [2.05, 4.69) is 10.3 Å². The van der Waals surface area contributed by atoms with Crippen LogP contribution >= 0.6 is 0 Å². The number of fused-ring (bicyclic) bond motifs is 1. The van der Waals surface area contributed by atoms with Crippen LogP contribution < -0.4 is 16.6 Å². The number of hydrogen-bond donors (Lipinski definition) is 2. The number of imide groups is 1. The number of benzene rings is 1. The van der Waals surface area contributed by atoms with Gasteiger partial charge in [-0.15, -0.1) is 0 Å². The fraction of sp³-hybridized carbons (Fsp3) is 0.333. The number of carbonyl (C=O) groups excluding carboxylic acids is 2. The third kappa shape index (κ3) is 1.89. The van der Waals surface area contributed by atoms with Crippen LogP contribution in [0.1, 0.15) is 25.3 Å². The standard InChI is InChI=1S/C15H15N3O4/c1-8-4-3-5-9-11(8)12(20)18(14(22)16-9)15(2)7-6-10(19)17-13(15)21/h3-5H,6-7H2,1-2H3,(H,16,22)(H,17,19,21)/t15-/m0/s1. The van der Waals surface area contributed by atoms with E-state index in [1.165, 1.54) is 6.92 Å². The molecular formula is C15H15N3O4. The number of carbonyl (C=O) groups is 2. The Morgan fingerprint density at radius 2 is 1.91 bits per heavy atom. The monoisotopic (exact) mass is 301 g/mol. The molecule has 2 amide bonds. The van der Waals surface area contributed by atoms with E-state index < -0.39 is 28.6 Å². The van der Waals surface area contributed by atoms with Crippen LogP contribution in [0.2, 0.25) is 0 Å². The molecule has 2 aromatic rings. The summed E-state index contributed by atoms with van der Waals surface area (Å²) in [5, 5.41) is 2.56. The molecule has 0 bridgehead atoms. The number of aryl methyl sites for hydroxylation is 1.